The van der Waals surface area contributed by atoms with Crippen LogP contribution < -0.4 is 10.6 Å². The molecule has 1 aliphatic rings. The number of hydrogen-bond acceptors (Lipinski definition) is 6. The zero-order valence-electron chi connectivity index (χ0n) is 12.2. The van der Waals surface area contributed by atoms with Crippen molar-refractivity contribution >= 4 is 36.4 Å². The topological polar surface area (TPSA) is 94.0 Å². The molecule has 0 aromatic carbocycles. The fraction of sp³-hybridized carbons (Fsp3) is 0.385. The number of nitrogens with zero attached hydrogens (tertiary/aromatic N) is 4. The molecule has 23 heavy (non-hydrogen) atoms. The largest absolute Gasteiger partial charge is 0.378 e. The molecule has 1 atom stereocenters. The van der Waals surface area contributed by atoms with E-state index in [1.54, 1.807) is 18.3 Å². The van der Waals surface area contributed by atoms with Crippen molar-refractivity contribution in [2.45, 2.75) is 12.5 Å². The molecule has 126 valence electrons. The Bertz CT molecular complexity index is 604. The van der Waals surface area contributed by atoms with Gasteiger partial charge in [-0.15, -0.1) is 24.8 Å². The molecule has 0 spiro atoms. The van der Waals surface area contributed by atoms with Gasteiger partial charge in [-0.3, -0.25) is 4.79 Å². The van der Waals surface area contributed by atoms with Crippen LogP contribution in [0.4, 0.5) is 5.69 Å². The molecular weight excluding hydrogens is 343 g/mol. The van der Waals surface area contributed by atoms with E-state index in [1.807, 2.05) is 0 Å². The van der Waals surface area contributed by atoms with Crippen molar-refractivity contribution in [3.8, 4) is 5.82 Å². The third-order valence-electron chi connectivity index (χ3n) is 3.13. The molecule has 3 rings (SSSR count). The van der Waals surface area contributed by atoms with Gasteiger partial charge in [0.05, 0.1) is 18.9 Å². The molecule has 1 fully saturated rings. The molecule has 0 saturated carbocycles. The monoisotopic (exact) mass is 360 g/mol. The summed E-state index contributed by atoms with van der Waals surface area (Å²) in [5.74, 6) is 0.448. The molecule has 0 aliphatic carbocycles. The van der Waals surface area contributed by atoms with E-state index >= 15 is 0 Å². The summed E-state index contributed by atoms with van der Waals surface area (Å²) in [4.78, 5) is 20.2. The number of morpholine rings is 1. The molecular formula is C13H18Cl2N6O2. The number of rotatable bonds is 4. The van der Waals surface area contributed by atoms with Crippen LogP contribution in [0.3, 0.4) is 0 Å². The minimum atomic E-state index is -0.0904. The van der Waals surface area contributed by atoms with Gasteiger partial charge in [0.1, 0.15) is 12.7 Å². The maximum Gasteiger partial charge on any atom is 0.226 e. The van der Waals surface area contributed by atoms with E-state index in [0.29, 0.717) is 31.1 Å². The van der Waals surface area contributed by atoms with Gasteiger partial charge in [0, 0.05) is 25.2 Å². The van der Waals surface area contributed by atoms with E-state index in [1.165, 1.54) is 17.3 Å². The van der Waals surface area contributed by atoms with Crippen molar-refractivity contribution < 1.29 is 9.53 Å². The van der Waals surface area contributed by atoms with E-state index in [-0.39, 0.29) is 36.8 Å². The van der Waals surface area contributed by atoms with E-state index in [2.05, 4.69) is 25.7 Å². The lowest BCUT2D eigenvalue weighted by Crippen LogP contribution is -2.43. The number of aromatic nitrogens is 4. The van der Waals surface area contributed by atoms with Crippen LogP contribution >= 0.6 is 24.8 Å². The molecule has 2 aromatic heterocycles. The van der Waals surface area contributed by atoms with Crippen LogP contribution in [0.15, 0.2) is 31.0 Å². The number of amides is 1. The fourth-order valence-corrected chi connectivity index (χ4v) is 2.17. The minimum absolute atomic E-state index is 0. The standard InChI is InChI=1S/C13H16N6O2.2ClH/c20-12(6-10-7-21-5-4-15-10)18-11-2-1-3-16-13(11)19-9-14-8-17-19;;/h1-3,8-10,15H,4-7H2,(H,18,20);2*1H. The van der Waals surface area contributed by atoms with Gasteiger partial charge in [0.2, 0.25) is 5.91 Å². The number of anilines is 1. The smallest absolute Gasteiger partial charge is 0.226 e. The molecule has 1 amide bonds. The molecule has 0 bridgehead atoms. The summed E-state index contributed by atoms with van der Waals surface area (Å²) < 4.78 is 6.85. The Balaban J connectivity index is 0.00000132. The molecule has 1 saturated heterocycles. The summed E-state index contributed by atoms with van der Waals surface area (Å²) in [5.41, 5.74) is 0.602. The molecule has 2 N–H and O–H groups in total. The van der Waals surface area contributed by atoms with E-state index in [0.717, 1.165) is 6.54 Å². The summed E-state index contributed by atoms with van der Waals surface area (Å²) in [7, 11) is 0. The summed E-state index contributed by atoms with van der Waals surface area (Å²) in [6, 6.07) is 3.59. The Labute approximate surface area is 145 Å². The number of carbonyl (C=O) groups excluding carboxylic acids is 1. The second-order valence-electron chi connectivity index (χ2n) is 4.69. The molecule has 2 aromatic rings. The van der Waals surface area contributed by atoms with Crippen molar-refractivity contribution in [3.05, 3.63) is 31.0 Å². The van der Waals surface area contributed by atoms with Crippen molar-refractivity contribution in [1.29, 1.82) is 0 Å². The van der Waals surface area contributed by atoms with Crippen LogP contribution in [0.1, 0.15) is 6.42 Å². The van der Waals surface area contributed by atoms with Crippen molar-refractivity contribution in [1.82, 2.24) is 25.1 Å². The average Bonchev–Trinajstić information content (AvgIpc) is 3.03. The van der Waals surface area contributed by atoms with Gasteiger partial charge in [-0.25, -0.2) is 14.6 Å². The summed E-state index contributed by atoms with van der Waals surface area (Å²) >= 11 is 0. The summed E-state index contributed by atoms with van der Waals surface area (Å²) in [6.07, 6.45) is 4.95. The lowest BCUT2D eigenvalue weighted by Gasteiger charge is -2.23. The normalized spacial score (nSPS) is 16.8. The Hall–Kier alpha value is -1.74. The first-order chi connectivity index (χ1) is 10.3. The second kappa shape index (κ2) is 9.41. The van der Waals surface area contributed by atoms with Gasteiger partial charge < -0.3 is 15.4 Å². The summed E-state index contributed by atoms with van der Waals surface area (Å²) in [5, 5.41) is 10.1. The molecule has 10 heteroatoms. The number of carbonyl (C=O) groups is 1. The second-order valence-corrected chi connectivity index (χ2v) is 4.69. The first-order valence-electron chi connectivity index (χ1n) is 6.74. The Kier molecular flexibility index (Phi) is 7.90. The zero-order valence-corrected chi connectivity index (χ0v) is 13.8. The molecule has 3 heterocycles. The van der Waals surface area contributed by atoms with E-state index < -0.39 is 0 Å². The molecule has 0 radical (unpaired) electrons. The first-order valence-corrected chi connectivity index (χ1v) is 6.74. The minimum Gasteiger partial charge on any atom is -0.378 e. The SMILES string of the molecule is Cl.Cl.O=C(CC1COCCN1)Nc1cccnc1-n1cncn1. The third-order valence-corrected chi connectivity index (χ3v) is 3.13. The number of hydrogen-bond donors (Lipinski definition) is 2. The Morgan fingerprint density at radius 3 is 3.04 bits per heavy atom. The van der Waals surface area contributed by atoms with Crippen LogP contribution in [-0.2, 0) is 9.53 Å². The van der Waals surface area contributed by atoms with Gasteiger partial charge >= 0.3 is 0 Å². The molecule has 1 aliphatic heterocycles. The highest BCUT2D eigenvalue weighted by Gasteiger charge is 2.18. The van der Waals surface area contributed by atoms with Crippen LogP contribution in [-0.4, -0.2) is 51.5 Å². The highest BCUT2D eigenvalue weighted by atomic mass is 35.5. The van der Waals surface area contributed by atoms with E-state index in [9.17, 15) is 4.79 Å². The third kappa shape index (κ3) is 5.14. The quantitative estimate of drug-likeness (QED) is 0.838. The van der Waals surface area contributed by atoms with Crippen LogP contribution in [0.5, 0.6) is 0 Å². The van der Waals surface area contributed by atoms with Gasteiger partial charge in [0.25, 0.3) is 0 Å². The highest BCUT2D eigenvalue weighted by molar-refractivity contribution is 5.92. The van der Waals surface area contributed by atoms with E-state index in [4.69, 9.17) is 4.74 Å². The van der Waals surface area contributed by atoms with Crippen LogP contribution in [0, 0.1) is 0 Å². The van der Waals surface area contributed by atoms with Gasteiger partial charge in [-0.2, -0.15) is 5.10 Å². The van der Waals surface area contributed by atoms with Crippen molar-refractivity contribution in [3.63, 3.8) is 0 Å². The predicted octanol–water partition coefficient (Wildman–Crippen LogP) is 0.823. The van der Waals surface area contributed by atoms with Crippen molar-refractivity contribution in [2.75, 3.05) is 25.1 Å². The zero-order chi connectivity index (χ0) is 14.5. The Morgan fingerprint density at radius 1 is 1.48 bits per heavy atom. The lowest BCUT2D eigenvalue weighted by molar-refractivity contribution is -0.117. The number of nitrogens with one attached hydrogen (secondary N) is 2. The number of ether oxygens (including phenoxy) is 1. The number of halogens is 2. The average molecular weight is 361 g/mol. The number of pyridine rings is 1. The predicted molar refractivity (Wildman–Crippen MR) is 89.5 cm³/mol. The maximum atomic E-state index is 12.1. The highest BCUT2D eigenvalue weighted by Crippen LogP contribution is 2.16. The van der Waals surface area contributed by atoms with Crippen molar-refractivity contribution in [2.24, 2.45) is 0 Å². The summed E-state index contributed by atoms with van der Waals surface area (Å²) in [6.45, 7) is 2.02. The lowest BCUT2D eigenvalue weighted by atomic mass is 10.2. The molecule has 8 nitrogen and oxygen atoms in total. The maximum absolute atomic E-state index is 12.1. The Morgan fingerprint density at radius 2 is 2.35 bits per heavy atom. The first kappa shape index (κ1) is 19.3. The van der Waals surface area contributed by atoms with Gasteiger partial charge in [0.15, 0.2) is 5.82 Å². The van der Waals surface area contributed by atoms with Gasteiger partial charge in [-0.05, 0) is 12.1 Å². The van der Waals surface area contributed by atoms with Crippen LogP contribution in [0.25, 0.3) is 5.82 Å². The molecule has 1 unspecified atom stereocenters. The van der Waals surface area contributed by atoms with Crippen LogP contribution in [0.2, 0.25) is 0 Å². The fourth-order valence-electron chi connectivity index (χ4n) is 2.17. The van der Waals surface area contributed by atoms with Gasteiger partial charge in [-0.1, -0.05) is 0 Å².